The maximum Gasteiger partial charge on any atom is 0.274 e. The summed E-state index contributed by atoms with van der Waals surface area (Å²) in [5, 5.41) is 11.9. The molecule has 37 heavy (non-hydrogen) atoms. The molecule has 3 aromatic rings. The maximum absolute atomic E-state index is 13.3. The molecule has 0 aromatic heterocycles. The van der Waals surface area contributed by atoms with Gasteiger partial charge in [0.25, 0.3) is 5.69 Å². The van der Waals surface area contributed by atoms with Crippen LogP contribution in [0.25, 0.3) is 0 Å². The number of sulfonamides is 1. The number of carbonyl (C=O) groups excluding carboxylic acids is 1. The number of para-hydroxylation sites is 1. The summed E-state index contributed by atoms with van der Waals surface area (Å²) >= 11 is 15.4. The van der Waals surface area contributed by atoms with Gasteiger partial charge in [-0.2, -0.15) is 0 Å². The van der Waals surface area contributed by atoms with Crippen molar-refractivity contribution in [3.8, 4) is 0 Å². The number of halogens is 3. The second kappa shape index (κ2) is 11.9. The summed E-state index contributed by atoms with van der Waals surface area (Å²) in [5.41, 5.74) is 2.67. The van der Waals surface area contributed by atoms with Crippen LogP contribution in [0, 0.1) is 24.0 Å². The Labute approximate surface area is 233 Å². The van der Waals surface area contributed by atoms with Crippen LogP contribution in [0.5, 0.6) is 0 Å². The Morgan fingerprint density at radius 1 is 1.08 bits per heavy atom. The van der Waals surface area contributed by atoms with Crippen molar-refractivity contribution in [1.82, 2.24) is 9.62 Å². The van der Waals surface area contributed by atoms with Crippen molar-refractivity contribution in [2.75, 3.05) is 7.05 Å². The van der Waals surface area contributed by atoms with Crippen molar-refractivity contribution in [2.24, 2.45) is 0 Å². The second-order valence-electron chi connectivity index (χ2n) is 8.57. The average Bonchev–Trinajstić information content (AvgIpc) is 2.80. The first-order chi connectivity index (χ1) is 17.3. The molecule has 1 unspecified atom stereocenters. The predicted octanol–water partition coefficient (Wildman–Crippen LogP) is 6.35. The molecule has 12 heteroatoms. The molecule has 0 saturated heterocycles. The largest absolute Gasteiger partial charge is 0.341 e. The number of hydrogen-bond donors (Lipinski definition) is 1. The lowest BCUT2D eigenvalue weighted by Gasteiger charge is -2.24. The van der Waals surface area contributed by atoms with Gasteiger partial charge in [0.15, 0.2) is 0 Å². The fourth-order valence-electron chi connectivity index (χ4n) is 3.95. The molecule has 0 fully saturated rings. The molecular weight excluding hydrogens is 605 g/mol. The van der Waals surface area contributed by atoms with Gasteiger partial charge in [-0.15, -0.1) is 0 Å². The Morgan fingerprint density at radius 2 is 1.65 bits per heavy atom. The smallest absolute Gasteiger partial charge is 0.274 e. The molecule has 1 amide bonds. The lowest BCUT2D eigenvalue weighted by Crippen LogP contribution is -2.35. The highest BCUT2D eigenvalue weighted by Gasteiger charge is 2.30. The molecule has 0 aliphatic carbocycles. The predicted molar refractivity (Wildman–Crippen MR) is 147 cm³/mol. The van der Waals surface area contributed by atoms with E-state index < -0.39 is 26.9 Å². The van der Waals surface area contributed by atoms with Gasteiger partial charge < -0.3 is 4.90 Å². The third kappa shape index (κ3) is 7.30. The fourth-order valence-corrected chi connectivity index (χ4v) is 6.58. The van der Waals surface area contributed by atoms with Crippen molar-refractivity contribution in [3.05, 3.63) is 101 Å². The molecule has 0 bridgehead atoms. The van der Waals surface area contributed by atoms with Gasteiger partial charge in [0.2, 0.25) is 15.9 Å². The monoisotopic (exact) mass is 627 g/mol. The number of rotatable bonds is 9. The highest BCUT2D eigenvalue weighted by atomic mass is 79.9. The van der Waals surface area contributed by atoms with Crippen molar-refractivity contribution >= 4 is 60.7 Å². The Bertz CT molecular complexity index is 1420. The lowest BCUT2D eigenvalue weighted by molar-refractivity contribution is -0.385. The first-order valence-corrected chi connectivity index (χ1v) is 14.0. The van der Waals surface area contributed by atoms with E-state index in [4.69, 9.17) is 23.2 Å². The summed E-state index contributed by atoms with van der Waals surface area (Å²) in [6.07, 6.45) is -0.358. The van der Waals surface area contributed by atoms with Crippen LogP contribution < -0.4 is 4.72 Å². The zero-order valence-corrected chi connectivity index (χ0v) is 24.1. The third-order valence-electron chi connectivity index (χ3n) is 5.81. The van der Waals surface area contributed by atoms with E-state index >= 15 is 0 Å². The Hall–Kier alpha value is -2.50. The summed E-state index contributed by atoms with van der Waals surface area (Å²) in [6.45, 7) is 4.15. The van der Waals surface area contributed by atoms with Crippen molar-refractivity contribution in [3.63, 3.8) is 0 Å². The molecule has 3 aromatic carbocycles. The molecule has 8 nitrogen and oxygen atoms in total. The number of nitrogens with zero attached hydrogens (tertiary/aromatic N) is 2. The topological polar surface area (TPSA) is 110 Å². The van der Waals surface area contributed by atoms with Crippen LogP contribution in [0.3, 0.4) is 0 Å². The number of nitro benzene ring substituents is 1. The zero-order valence-electron chi connectivity index (χ0n) is 20.2. The molecule has 0 aliphatic heterocycles. The van der Waals surface area contributed by atoms with Crippen LogP contribution in [0.2, 0.25) is 10.0 Å². The average molecular weight is 629 g/mol. The summed E-state index contributed by atoms with van der Waals surface area (Å²) in [6, 6.07) is 12.2. The van der Waals surface area contributed by atoms with E-state index in [2.05, 4.69) is 20.7 Å². The van der Waals surface area contributed by atoms with Gasteiger partial charge in [-0.25, -0.2) is 13.1 Å². The molecule has 0 spiro atoms. The lowest BCUT2D eigenvalue weighted by atomic mass is 10.0. The van der Waals surface area contributed by atoms with Gasteiger partial charge in [0.1, 0.15) is 0 Å². The van der Waals surface area contributed by atoms with E-state index in [0.717, 1.165) is 21.2 Å². The van der Waals surface area contributed by atoms with Gasteiger partial charge in [-0.3, -0.25) is 14.9 Å². The summed E-state index contributed by atoms with van der Waals surface area (Å²) in [7, 11) is -2.66. The normalized spacial score (nSPS) is 12.3. The highest BCUT2D eigenvalue weighted by Crippen LogP contribution is 2.31. The van der Waals surface area contributed by atoms with E-state index in [-0.39, 0.29) is 39.2 Å². The van der Waals surface area contributed by atoms with E-state index in [1.807, 2.05) is 26.0 Å². The second-order valence-corrected chi connectivity index (χ2v) is 12.1. The molecule has 3 rings (SSSR count). The van der Waals surface area contributed by atoms with E-state index in [0.29, 0.717) is 0 Å². The number of carbonyl (C=O) groups is 1. The molecule has 0 radical (unpaired) electrons. The Balaban J connectivity index is 1.96. The standard InChI is InChI=1S/C25H24BrCl2N3O5S/c1-15-8-17(26)9-16(2)22(15)14-30(3)25(32)13-23(21-6-4-5-7-24(21)31(33)34)29-37(35,36)20-11-18(27)10-19(28)12-20/h4-12,23,29H,13-14H2,1-3H3. The Kier molecular flexibility index (Phi) is 9.36. The first kappa shape index (κ1) is 29.1. The first-order valence-electron chi connectivity index (χ1n) is 11.0. The maximum atomic E-state index is 13.3. The summed E-state index contributed by atoms with van der Waals surface area (Å²) in [5.74, 6) is -0.406. The number of benzene rings is 3. The number of hydrogen-bond acceptors (Lipinski definition) is 5. The summed E-state index contributed by atoms with van der Waals surface area (Å²) < 4.78 is 29.9. The van der Waals surface area contributed by atoms with Crippen molar-refractivity contribution in [1.29, 1.82) is 0 Å². The van der Waals surface area contributed by atoms with Gasteiger partial charge in [0, 0.05) is 46.2 Å². The Morgan fingerprint density at radius 3 is 2.22 bits per heavy atom. The quantitative estimate of drug-likeness (QED) is 0.219. The van der Waals surface area contributed by atoms with E-state index in [1.165, 1.54) is 41.3 Å². The van der Waals surface area contributed by atoms with Gasteiger partial charge in [0.05, 0.1) is 15.9 Å². The van der Waals surface area contributed by atoms with Gasteiger partial charge in [-0.05, 0) is 60.9 Å². The minimum absolute atomic E-state index is 0.0574. The molecule has 0 saturated carbocycles. The van der Waals surface area contributed by atoms with Crippen LogP contribution in [0.4, 0.5) is 5.69 Å². The van der Waals surface area contributed by atoms with Gasteiger partial charge >= 0.3 is 0 Å². The molecular formula is C25H24BrCl2N3O5S. The van der Waals surface area contributed by atoms with Crippen LogP contribution in [-0.2, 0) is 21.4 Å². The van der Waals surface area contributed by atoms with Crippen LogP contribution in [0.15, 0.2) is 64.0 Å². The SMILES string of the molecule is Cc1cc(Br)cc(C)c1CN(C)C(=O)CC(NS(=O)(=O)c1cc(Cl)cc(Cl)c1)c1ccccc1[N+](=O)[O-]. The summed E-state index contributed by atoms with van der Waals surface area (Å²) in [4.78, 5) is 25.6. The van der Waals surface area contributed by atoms with E-state index in [9.17, 15) is 23.3 Å². The van der Waals surface area contributed by atoms with Crippen molar-refractivity contribution in [2.45, 2.75) is 37.8 Å². The molecule has 0 aliphatic rings. The van der Waals surface area contributed by atoms with Crippen LogP contribution in [0.1, 0.15) is 34.7 Å². The van der Waals surface area contributed by atoms with Crippen LogP contribution in [-0.4, -0.2) is 31.2 Å². The minimum Gasteiger partial charge on any atom is -0.341 e. The fraction of sp³-hybridized carbons (Fsp3) is 0.240. The molecule has 1 N–H and O–H groups in total. The molecule has 1 atom stereocenters. The number of nitrogens with one attached hydrogen (secondary N) is 1. The highest BCUT2D eigenvalue weighted by molar-refractivity contribution is 9.10. The number of aryl methyl sites for hydroxylation is 2. The van der Waals surface area contributed by atoms with E-state index in [1.54, 1.807) is 13.1 Å². The van der Waals surface area contributed by atoms with Crippen molar-refractivity contribution < 1.29 is 18.1 Å². The zero-order chi connectivity index (χ0) is 27.5. The van der Waals surface area contributed by atoms with Crippen LogP contribution >= 0.6 is 39.1 Å². The number of amides is 1. The third-order valence-corrected chi connectivity index (χ3v) is 8.16. The minimum atomic E-state index is -4.26. The molecule has 196 valence electrons. The van der Waals surface area contributed by atoms with Gasteiger partial charge in [-0.1, -0.05) is 57.3 Å². The number of nitro groups is 1. The molecule has 0 heterocycles.